The Morgan fingerprint density at radius 2 is 1.88 bits per heavy atom. The summed E-state index contributed by atoms with van der Waals surface area (Å²) in [6.45, 7) is 2.31. The van der Waals surface area contributed by atoms with Gasteiger partial charge in [-0.3, -0.25) is 14.3 Å². The van der Waals surface area contributed by atoms with E-state index in [9.17, 15) is 22.8 Å². The molecule has 40 heavy (non-hydrogen) atoms. The molecule has 0 unspecified atom stereocenters. The van der Waals surface area contributed by atoms with E-state index in [1.54, 1.807) is 49.6 Å². The van der Waals surface area contributed by atoms with Crippen molar-refractivity contribution in [1.29, 1.82) is 5.26 Å². The molecule has 0 atom stereocenters. The molecule has 4 N–H and O–H groups in total. The fourth-order valence-electron chi connectivity index (χ4n) is 4.04. The summed E-state index contributed by atoms with van der Waals surface area (Å²) in [7, 11) is 1.56. The van der Waals surface area contributed by atoms with Gasteiger partial charge in [0.25, 0.3) is 5.91 Å². The number of amides is 2. The van der Waals surface area contributed by atoms with Gasteiger partial charge < -0.3 is 21.1 Å². The van der Waals surface area contributed by atoms with E-state index < -0.39 is 29.4 Å². The highest BCUT2D eigenvalue weighted by molar-refractivity contribution is 6.11. The van der Waals surface area contributed by atoms with Crippen molar-refractivity contribution in [3.05, 3.63) is 82.3 Å². The topological polar surface area (TPSA) is 148 Å². The van der Waals surface area contributed by atoms with Crippen LogP contribution in [0, 0.1) is 18.3 Å². The summed E-state index contributed by atoms with van der Waals surface area (Å²) in [6, 6.07) is 14.3. The minimum atomic E-state index is -4.87. The van der Waals surface area contributed by atoms with Crippen molar-refractivity contribution in [2.24, 2.45) is 5.73 Å². The Morgan fingerprint density at radius 3 is 2.50 bits per heavy atom. The predicted octanol–water partition coefficient (Wildman–Crippen LogP) is 4.09. The maximum Gasteiger partial charge on any atom is 0.437 e. The molecule has 2 heterocycles. The van der Waals surface area contributed by atoms with Crippen molar-refractivity contribution in [3.8, 4) is 6.07 Å². The number of aromatic nitrogens is 3. The molecule has 0 aliphatic carbocycles. The van der Waals surface area contributed by atoms with Crippen LogP contribution in [0.2, 0.25) is 0 Å². The lowest BCUT2D eigenvalue weighted by atomic mass is 10.1. The third-order valence-electron chi connectivity index (χ3n) is 6.07. The molecule has 13 heteroatoms. The van der Waals surface area contributed by atoms with Crippen LogP contribution in [0.1, 0.15) is 43.4 Å². The van der Waals surface area contributed by atoms with Gasteiger partial charge in [0.2, 0.25) is 5.91 Å². The van der Waals surface area contributed by atoms with Gasteiger partial charge in [-0.2, -0.15) is 23.5 Å². The lowest BCUT2D eigenvalue weighted by Crippen LogP contribution is -2.20. The number of rotatable bonds is 9. The van der Waals surface area contributed by atoms with Crippen molar-refractivity contribution in [2.75, 3.05) is 30.9 Å². The lowest BCUT2D eigenvalue weighted by molar-refractivity contribution is -0.140. The number of hydrogen-bond acceptors (Lipinski definition) is 7. The molecule has 206 valence electrons. The zero-order valence-corrected chi connectivity index (χ0v) is 21.5. The Kier molecular flexibility index (Phi) is 8.01. The van der Waals surface area contributed by atoms with Crippen LogP contribution in [0.5, 0.6) is 0 Å². The molecule has 0 saturated heterocycles. The maximum atomic E-state index is 13.9. The van der Waals surface area contributed by atoms with Gasteiger partial charge in [-0.1, -0.05) is 12.1 Å². The predicted molar refractivity (Wildman–Crippen MR) is 141 cm³/mol. The number of nitrogens with one attached hydrogen (secondary N) is 2. The van der Waals surface area contributed by atoms with Crippen LogP contribution in [0.25, 0.3) is 10.9 Å². The molecule has 0 bridgehead atoms. The number of nitriles is 1. The molecule has 2 aromatic carbocycles. The Bertz CT molecular complexity index is 1620. The molecule has 2 amide bonds. The number of benzene rings is 2. The SMILES string of the molecule is COCCNc1ccc2nc(C(=O)Nc3c(C(F)(F)F)nn(Cc4ccc(C#N)cc4)c3C)cc(C(N)=O)c2c1. The van der Waals surface area contributed by atoms with Gasteiger partial charge in [-0.25, -0.2) is 4.98 Å². The van der Waals surface area contributed by atoms with Gasteiger partial charge in [0, 0.05) is 24.7 Å². The third-order valence-corrected chi connectivity index (χ3v) is 6.07. The van der Waals surface area contributed by atoms with Crippen molar-refractivity contribution >= 4 is 34.1 Å². The minimum Gasteiger partial charge on any atom is -0.383 e. The van der Waals surface area contributed by atoms with Gasteiger partial charge in [0.05, 0.1) is 47.2 Å². The number of nitrogens with zero attached hydrogens (tertiary/aromatic N) is 4. The van der Waals surface area contributed by atoms with E-state index in [2.05, 4.69) is 20.7 Å². The van der Waals surface area contributed by atoms with Gasteiger partial charge in [0.15, 0.2) is 5.69 Å². The van der Waals surface area contributed by atoms with Crippen LogP contribution >= 0.6 is 0 Å². The fourth-order valence-corrected chi connectivity index (χ4v) is 4.04. The van der Waals surface area contributed by atoms with Gasteiger partial charge in [-0.05, 0) is 48.9 Å². The average molecular weight is 552 g/mol. The van der Waals surface area contributed by atoms with E-state index in [0.717, 1.165) is 10.7 Å². The molecule has 4 aromatic rings. The summed E-state index contributed by atoms with van der Waals surface area (Å²) in [4.78, 5) is 29.6. The quantitative estimate of drug-likeness (QED) is 0.265. The van der Waals surface area contributed by atoms with Crippen LogP contribution in [-0.2, 0) is 17.5 Å². The Morgan fingerprint density at radius 1 is 1.15 bits per heavy atom. The summed E-state index contributed by atoms with van der Waals surface area (Å²) >= 11 is 0. The van der Waals surface area contributed by atoms with E-state index >= 15 is 0 Å². The molecule has 0 fully saturated rings. The lowest BCUT2D eigenvalue weighted by Gasteiger charge is -2.12. The average Bonchev–Trinajstić information content (AvgIpc) is 3.23. The number of ether oxygens (including phenoxy) is 1. The highest BCUT2D eigenvalue weighted by Crippen LogP contribution is 2.36. The van der Waals surface area contributed by atoms with Crippen molar-refractivity contribution in [2.45, 2.75) is 19.6 Å². The highest BCUT2D eigenvalue weighted by atomic mass is 19.4. The zero-order valence-electron chi connectivity index (χ0n) is 21.5. The largest absolute Gasteiger partial charge is 0.437 e. The summed E-state index contributed by atoms with van der Waals surface area (Å²) < 4.78 is 47.8. The van der Waals surface area contributed by atoms with Crippen molar-refractivity contribution in [1.82, 2.24) is 14.8 Å². The molecule has 4 rings (SSSR count). The van der Waals surface area contributed by atoms with Crippen LogP contribution in [0.3, 0.4) is 0 Å². The molecule has 2 aromatic heterocycles. The fraction of sp³-hybridized carbons (Fsp3) is 0.222. The molecule has 0 aliphatic heterocycles. The summed E-state index contributed by atoms with van der Waals surface area (Å²) in [6.07, 6.45) is -4.87. The van der Waals surface area contributed by atoms with E-state index in [1.807, 2.05) is 6.07 Å². The first kappa shape index (κ1) is 28.1. The second kappa shape index (κ2) is 11.4. The van der Waals surface area contributed by atoms with Gasteiger partial charge >= 0.3 is 6.18 Å². The normalized spacial score (nSPS) is 11.3. The Hall–Kier alpha value is -4.96. The number of carbonyl (C=O) groups excluding carboxylic acids is 2. The number of anilines is 2. The maximum absolute atomic E-state index is 13.9. The number of nitrogens with two attached hydrogens (primary N) is 1. The van der Waals surface area contributed by atoms with Crippen LogP contribution < -0.4 is 16.4 Å². The van der Waals surface area contributed by atoms with Gasteiger partial charge in [-0.15, -0.1) is 0 Å². The van der Waals surface area contributed by atoms with Crippen LogP contribution in [-0.4, -0.2) is 46.8 Å². The molecular formula is C27H24F3N7O3. The number of pyridine rings is 1. The zero-order chi connectivity index (χ0) is 29.0. The number of hydrogen-bond donors (Lipinski definition) is 3. The molecule has 0 aliphatic rings. The molecule has 10 nitrogen and oxygen atoms in total. The number of fused-ring (bicyclic) bond motifs is 1. The van der Waals surface area contributed by atoms with Crippen molar-refractivity contribution < 1.29 is 27.5 Å². The van der Waals surface area contributed by atoms with Gasteiger partial charge in [0.1, 0.15) is 5.69 Å². The van der Waals surface area contributed by atoms with E-state index in [-0.39, 0.29) is 29.0 Å². The monoisotopic (exact) mass is 551 g/mol. The van der Waals surface area contributed by atoms with E-state index in [1.165, 1.54) is 6.92 Å². The van der Waals surface area contributed by atoms with E-state index in [0.29, 0.717) is 35.4 Å². The summed E-state index contributed by atoms with van der Waals surface area (Å²) in [5.41, 5.74) is 5.39. The first-order chi connectivity index (χ1) is 19.0. The molecule has 0 spiro atoms. The van der Waals surface area contributed by atoms with Crippen LogP contribution in [0.4, 0.5) is 24.5 Å². The number of alkyl halides is 3. The standard InChI is InChI=1S/C27H24F3N7O3/c1-15-23(24(27(28,29)30)36-37(15)14-17-5-3-16(13-31)4-6-17)35-26(39)22-12-20(25(32)38)19-11-18(33-9-10-40-2)7-8-21(19)34-22/h3-8,11-12,33H,9-10,14H2,1-2H3,(H2,32,38)(H,35,39). The number of halogens is 3. The molecular weight excluding hydrogens is 527 g/mol. The number of primary amides is 1. The summed E-state index contributed by atoms with van der Waals surface area (Å²) in [5, 5.41) is 18.4. The second-order valence-electron chi connectivity index (χ2n) is 8.80. The highest BCUT2D eigenvalue weighted by Gasteiger charge is 2.39. The molecule has 0 saturated carbocycles. The summed E-state index contributed by atoms with van der Waals surface area (Å²) in [5.74, 6) is -1.81. The minimum absolute atomic E-state index is 0.0187. The van der Waals surface area contributed by atoms with E-state index in [4.69, 9.17) is 15.7 Å². The first-order valence-corrected chi connectivity index (χ1v) is 11.9. The Labute approximate surface area is 226 Å². The molecule has 0 radical (unpaired) electrons. The van der Waals surface area contributed by atoms with Crippen LogP contribution in [0.15, 0.2) is 48.5 Å². The first-order valence-electron chi connectivity index (χ1n) is 11.9. The second-order valence-corrected chi connectivity index (χ2v) is 8.80. The smallest absolute Gasteiger partial charge is 0.383 e. The van der Waals surface area contributed by atoms with Crippen molar-refractivity contribution in [3.63, 3.8) is 0 Å². The number of carbonyl (C=O) groups is 2. The number of methoxy groups -OCH3 is 1. The Balaban J connectivity index is 1.68. The third kappa shape index (κ3) is 6.02.